The molecule has 0 bridgehead atoms. The Bertz CT molecular complexity index is 1140. The molecule has 0 saturated carbocycles. The number of thiophene rings is 1. The first kappa shape index (κ1) is 16.4. The molecule has 128 valence electrons. The van der Waals surface area contributed by atoms with Gasteiger partial charge in [-0.05, 0) is 49.9 Å². The highest BCUT2D eigenvalue weighted by atomic mass is 35.5. The second kappa shape index (κ2) is 6.00. The maximum absolute atomic E-state index is 13.2. The van der Waals surface area contributed by atoms with Crippen LogP contribution in [0.25, 0.3) is 15.9 Å². The molecule has 0 amide bonds. The molecule has 1 aliphatic carbocycles. The van der Waals surface area contributed by atoms with E-state index >= 15 is 0 Å². The Morgan fingerprint density at radius 1 is 1.32 bits per heavy atom. The molecule has 0 atom stereocenters. The van der Waals surface area contributed by atoms with E-state index in [0.29, 0.717) is 22.6 Å². The summed E-state index contributed by atoms with van der Waals surface area (Å²) in [5.41, 5.74) is 1.88. The van der Waals surface area contributed by atoms with Crippen molar-refractivity contribution >= 4 is 33.2 Å². The molecule has 0 N–H and O–H groups in total. The Balaban J connectivity index is 2.15. The van der Waals surface area contributed by atoms with Gasteiger partial charge in [0, 0.05) is 16.4 Å². The molecule has 0 spiro atoms. The van der Waals surface area contributed by atoms with Crippen molar-refractivity contribution in [2.24, 2.45) is 0 Å². The maximum Gasteiger partial charge on any atom is 0.337 e. The van der Waals surface area contributed by atoms with E-state index in [1.807, 2.05) is 6.92 Å². The van der Waals surface area contributed by atoms with Crippen molar-refractivity contribution in [1.82, 2.24) is 9.13 Å². The van der Waals surface area contributed by atoms with Crippen LogP contribution in [-0.2, 0) is 19.4 Å². The smallest absolute Gasteiger partial charge is 0.280 e. The summed E-state index contributed by atoms with van der Waals surface area (Å²) in [4.78, 5) is 28.3. The van der Waals surface area contributed by atoms with Crippen LogP contribution in [-0.4, -0.2) is 9.13 Å². The van der Waals surface area contributed by atoms with Crippen LogP contribution >= 0.6 is 22.9 Å². The first-order valence-corrected chi connectivity index (χ1v) is 9.37. The molecule has 6 heteroatoms. The van der Waals surface area contributed by atoms with Crippen LogP contribution in [0.4, 0.5) is 0 Å². The lowest BCUT2D eigenvalue weighted by Crippen LogP contribution is -2.39. The fraction of sp³-hybridized carbons (Fsp3) is 0.263. The van der Waals surface area contributed by atoms with Crippen LogP contribution in [0.3, 0.4) is 0 Å². The Kier molecular flexibility index (Phi) is 3.93. The summed E-state index contributed by atoms with van der Waals surface area (Å²) in [6, 6.07) is 6.85. The van der Waals surface area contributed by atoms with E-state index in [-0.39, 0.29) is 11.2 Å². The van der Waals surface area contributed by atoms with Crippen molar-refractivity contribution in [2.45, 2.75) is 32.7 Å². The van der Waals surface area contributed by atoms with Crippen LogP contribution < -0.4 is 11.2 Å². The monoisotopic (exact) mass is 372 g/mol. The van der Waals surface area contributed by atoms with Gasteiger partial charge in [-0.15, -0.1) is 11.3 Å². The first-order valence-electron chi connectivity index (χ1n) is 8.18. The third kappa shape index (κ3) is 2.58. The predicted molar refractivity (Wildman–Crippen MR) is 104 cm³/mol. The standard InChI is InChI=1S/C19H17ClN2O2S/c1-11(2)10-21-18-16(14-7-4-8-15(14)25-18)17(23)22(19(21)24)13-6-3-5-12(20)9-13/h3,5-6,9H,1,4,7-8,10H2,2H3. The zero-order valence-electron chi connectivity index (χ0n) is 13.8. The number of hydrogen-bond donors (Lipinski definition) is 0. The van der Waals surface area contributed by atoms with Gasteiger partial charge >= 0.3 is 5.69 Å². The molecule has 25 heavy (non-hydrogen) atoms. The van der Waals surface area contributed by atoms with E-state index in [1.165, 1.54) is 9.44 Å². The highest BCUT2D eigenvalue weighted by Gasteiger charge is 2.25. The average molecular weight is 373 g/mol. The Hall–Kier alpha value is -2.11. The molecule has 2 heterocycles. The van der Waals surface area contributed by atoms with Gasteiger partial charge < -0.3 is 0 Å². The molecule has 4 nitrogen and oxygen atoms in total. The third-order valence-corrected chi connectivity index (χ3v) is 6.03. The molecule has 0 fully saturated rings. The highest BCUT2D eigenvalue weighted by Crippen LogP contribution is 2.35. The Morgan fingerprint density at radius 2 is 2.12 bits per heavy atom. The quantitative estimate of drug-likeness (QED) is 0.654. The largest absolute Gasteiger partial charge is 0.337 e. The summed E-state index contributed by atoms with van der Waals surface area (Å²) in [6.07, 6.45) is 2.94. The summed E-state index contributed by atoms with van der Waals surface area (Å²) in [6.45, 7) is 6.22. The van der Waals surface area contributed by atoms with E-state index < -0.39 is 0 Å². The normalized spacial score (nSPS) is 13.4. The van der Waals surface area contributed by atoms with E-state index in [4.69, 9.17) is 11.6 Å². The third-order valence-electron chi connectivity index (χ3n) is 4.48. The van der Waals surface area contributed by atoms with Crippen LogP contribution in [0.2, 0.25) is 5.02 Å². The fourth-order valence-corrected chi connectivity index (χ4v) is 5.02. The number of allylic oxidation sites excluding steroid dienone is 1. The molecule has 2 aromatic heterocycles. The van der Waals surface area contributed by atoms with Crippen LogP contribution in [0.5, 0.6) is 0 Å². The van der Waals surface area contributed by atoms with Gasteiger partial charge in [0.1, 0.15) is 4.83 Å². The number of aromatic nitrogens is 2. The van der Waals surface area contributed by atoms with Crippen LogP contribution in [0.1, 0.15) is 23.8 Å². The highest BCUT2D eigenvalue weighted by molar-refractivity contribution is 7.18. The van der Waals surface area contributed by atoms with Gasteiger partial charge in [-0.3, -0.25) is 9.36 Å². The minimum atomic E-state index is -0.345. The van der Waals surface area contributed by atoms with Gasteiger partial charge in [-0.2, -0.15) is 0 Å². The number of benzene rings is 1. The van der Waals surface area contributed by atoms with E-state index in [9.17, 15) is 9.59 Å². The number of rotatable bonds is 3. The van der Waals surface area contributed by atoms with Gasteiger partial charge in [0.25, 0.3) is 5.56 Å². The summed E-state index contributed by atoms with van der Waals surface area (Å²) in [5, 5.41) is 1.17. The van der Waals surface area contributed by atoms with Crippen molar-refractivity contribution in [3.8, 4) is 5.69 Å². The average Bonchev–Trinajstić information content (AvgIpc) is 3.12. The molecule has 0 radical (unpaired) electrons. The first-order chi connectivity index (χ1) is 12.0. The van der Waals surface area contributed by atoms with Gasteiger partial charge in [0.05, 0.1) is 11.1 Å². The topological polar surface area (TPSA) is 44.0 Å². The summed E-state index contributed by atoms with van der Waals surface area (Å²) >= 11 is 7.65. The second-order valence-electron chi connectivity index (χ2n) is 6.48. The zero-order valence-corrected chi connectivity index (χ0v) is 15.4. The number of aryl methyl sites for hydroxylation is 2. The van der Waals surface area contributed by atoms with Gasteiger partial charge in [0.2, 0.25) is 0 Å². The summed E-state index contributed by atoms with van der Waals surface area (Å²) < 4.78 is 2.91. The molecule has 1 aliphatic rings. The van der Waals surface area contributed by atoms with Crippen molar-refractivity contribution < 1.29 is 0 Å². The molecule has 4 rings (SSSR count). The van der Waals surface area contributed by atoms with Crippen molar-refractivity contribution in [3.63, 3.8) is 0 Å². The maximum atomic E-state index is 13.2. The predicted octanol–water partition coefficient (Wildman–Crippen LogP) is 3.93. The minimum Gasteiger partial charge on any atom is -0.280 e. The van der Waals surface area contributed by atoms with E-state index in [1.54, 1.807) is 40.2 Å². The molecular weight excluding hydrogens is 356 g/mol. The second-order valence-corrected chi connectivity index (χ2v) is 8.00. The molecule has 0 unspecified atom stereocenters. The minimum absolute atomic E-state index is 0.250. The van der Waals surface area contributed by atoms with Gasteiger partial charge in [-0.1, -0.05) is 29.8 Å². The molecule has 3 aromatic rings. The fourth-order valence-electron chi connectivity index (χ4n) is 3.46. The molecular formula is C19H17ClN2O2S. The van der Waals surface area contributed by atoms with Crippen molar-refractivity contribution in [3.05, 3.63) is 72.7 Å². The van der Waals surface area contributed by atoms with Crippen molar-refractivity contribution in [2.75, 3.05) is 0 Å². The number of halogens is 1. The van der Waals surface area contributed by atoms with E-state index in [2.05, 4.69) is 6.58 Å². The zero-order chi connectivity index (χ0) is 17.7. The van der Waals surface area contributed by atoms with Gasteiger partial charge in [-0.25, -0.2) is 9.36 Å². The SMILES string of the molecule is C=C(C)Cn1c(=O)n(-c2cccc(Cl)c2)c(=O)c2c3c(sc21)CCC3. The molecule has 0 aliphatic heterocycles. The molecule has 1 aromatic carbocycles. The van der Waals surface area contributed by atoms with Gasteiger partial charge in [0.15, 0.2) is 0 Å². The number of nitrogens with zero attached hydrogens (tertiary/aromatic N) is 2. The lowest BCUT2D eigenvalue weighted by Gasteiger charge is -2.12. The van der Waals surface area contributed by atoms with Crippen LogP contribution in [0, 0.1) is 0 Å². The lowest BCUT2D eigenvalue weighted by molar-refractivity contribution is 0.711. The van der Waals surface area contributed by atoms with E-state index in [0.717, 1.165) is 35.2 Å². The Labute approximate surface area is 153 Å². The lowest BCUT2D eigenvalue weighted by atomic mass is 10.2. The van der Waals surface area contributed by atoms with Crippen LogP contribution in [0.15, 0.2) is 46.0 Å². The summed E-state index contributed by atoms with van der Waals surface area (Å²) in [5.74, 6) is 0. The Morgan fingerprint density at radius 3 is 2.84 bits per heavy atom. The summed E-state index contributed by atoms with van der Waals surface area (Å²) in [7, 11) is 0. The number of hydrogen-bond acceptors (Lipinski definition) is 3. The van der Waals surface area contributed by atoms with Crippen molar-refractivity contribution in [1.29, 1.82) is 0 Å². The molecule has 0 saturated heterocycles. The number of fused-ring (bicyclic) bond motifs is 3.